The molecular formula is C13H14N2O2S. The van der Waals surface area contributed by atoms with Crippen LogP contribution in [0.1, 0.15) is 25.5 Å². The standard InChI is InChI=1S/C13H14N2O2S/c1-8(2)11(13(16)17)10-7-18-12(15-10)9-4-3-5-14-6-9/h3-8,11H,1-2H3,(H,16,17). The lowest BCUT2D eigenvalue weighted by Crippen LogP contribution is -2.17. The van der Waals surface area contributed by atoms with Crippen molar-refractivity contribution in [3.8, 4) is 10.6 Å². The van der Waals surface area contributed by atoms with E-state index < -0.39 is 11.9 Å². The number of aromatic nitrogens is 2. The van der Waals surface area contributed by atoms with Crippen LogP contribution in [0.4, 0.5) is 0 Å². The normalized spacial score (nSPS) is 12.6. The second-order valence-electron chi connectivity index (χ2n) is 4.38. The second-order valence-corrected chi connectivity index (χ2v) is 5.24. The van der Waals surface area contributed by atoms with Gasteiger partial charge in [-0.3, -0.25) is 9.78 Å². The molecule has 0 aromatic carbocycles. The average molecular weight is 262 g/mol. The van der Waals surface area contributed by atoms with E-state index in [1.165, 1.54) is 11.3 Å². The Balaban J connectivity index is 2.33. The zero-order valence-electron chi connectivity index (χ0n) is 10.2. The Kier molecular flexibility index (Phi) is 3.72. The summed E-state index contributed by atoms with van der Waals surface area (Å²) in [6.07, 6.45) is 3.43. The minimum atomic E-state index is -0.826. The van der Waals surface area contributed by atoms with Gasteiger partial charge >= 0.3 is 5.97 Å². The van der Waals surface area contributed by atoms with Crippen LogP contribution in [0.5, 0.6) is 0 Å². The molecule has 5 heteroatoms. The van der Waals surface area contributed by atoms with E-state index in [1.54, 1.807) is 12.4 Å². The van der Waals surface area contributed by atoms with Gasteiger partial charge in [0.15, 0.2) is 0 Å². The number of hydrogen-bond acceptors (Lipinski definition) is 4. The molecule has 94 valence electrons. The molecule has 1 N–H and O–H groups in total. The van der Waals surface area contributed by atoms with Gasteiger partial charge in [0.25, 0.3) is 0 Å². The summed E-state index contributed by atoms with van der Waals surface area (Å²) in [5, 5.41) is 11.9. The van der Waals surface area contributed by atoms with Crippen LogP contribution in [-0.2, 0) is 4.79 Å². The van der Waals surface area contributed by atoms with Gasteiger partial charge in [0.1, 0.15) is 10.9 Å². The molecule has 0 amide bonds. The molecule has 0 spiro atoms. The Bertz CT molecular complexity index is 537. The monoisotopic (exact) mass is 262 g/mol. The van der Waals surface area contributed by atoms with Crippen LogP contribution >= 0.6 is 11.3 Å². The maximum atomic E-state index is 11.2. The Labute approximate surface area is 109 Å². The lowest BCUT2D eigenvalue weighted by Gasteiger charge is -2.13. The first kappa shape index (κ1) is 12.7. The summed E-state index contributed by atoms with van der Waals surface area (Å²) in [7, 11) is 0. The Morgan fingerprint density at radius 1 is 1.44 bits per heavy atom. The van der Waals surface area contributed by atoms with E-state index in [9.17, 15) is 9.90 Å². The molecule has 0 saturated carbocycles. The van der Waals surface area contributed by atoms with Gasteiger partial charge in [-0.05, 0) is 18.1 Å². The van der Waals surface area contributed by atoms with E-state index in [1.807, 2.05) is 31.4 Å². The topological polar surface area (TPSA) is 63.1 Å². The minimum absolute atomic E-state index is 0.0198. The van der Waals surface area contributed by atoms with Crippen LogP contribution < -0.4 is 0 Å². The molecule has 0 fully saturated rings. The smallest absolute Gasteiger partial charge is 0.312 e. The number of carbonyl (C=O) groups is 1. The number of rotatable bonds is 4. The number of hydrogen-bond donors (Lipinski definition) is 1. The maximum Gasteiger partial charge on any atom is 0.312 e. The SMILES string of the molecule is CC(C)C(C(=O)O)c1csc(-c2cccnc2)n1. The Morgan fingerprint density at radius 3 is 2.78 bits per heavy atom. The molecule has 1 atom stereocenters. The van der Waals surface area contributed by atoms with E-state index >= 15 is 0 Å². The Hall–Kier alpha value is -1.75. The van der Waals surface area contributed by atoms with E-state index in [0.29, 0.717) is 5.69 Å². The molecule has 1 unspecified atom stereocenters. The summed E-state index contributed by atoms with van der Waals surface area (Å²) in [4.78, 5) is 19.7. The second kappa shape index (κ2) is 5.27. The molecule has 2 rings (SSSR count). The lowest BCUT2D eigenvalue weighted by molar-refractivity contribution is -0.139. The van der Waals surface area contributed by atoms with E-state index in [0.717, 1.165) is 10.6 Å². The van der Waals surface area contributed by atoms with Crippen LogP contribution in [0.15, 0.2) is 29.9 Å². The molecule has 2 aromatic rings. The molecule has 2 heterocycles. The van der Waals surface area contributed by atoms with Crippen LogP contribution in [0.2, 0.25) is 0 Å². The summed E-state index contributed by atoms with van der Waals surface area (Å²) < 4.78 is 0. The van der Waals surface area contributed by atoms with Crippen LogP contribution in [-0.4, -0.2) is 21.0 Å². The predicted octanol–water partition coefficient (Wildman–Crippen LogP) is 3.03. The maximum absolute atomic E-state index is 11.2. The van der Waals surface area contributed by atoms with Crippen molar-refractivity contribution in [2.75, 3.05) is 0 Å². The number of carboxylic acid groups (broad SMARTS) is 1. The van der Waals surface area contributed by atoms with Crippen molar-refractivity contribution in [3.63, 3.8) is 0 Å². The van der Waals surface area contributed by atoms with Gasteiger partial charge in [-0.25, -0.2) is 4.98 Å². The van der Waals surface area contributed by atoms with Gasteiger partial charge in [-0.2, -0.15) is 0 Å². The summed E-state index contributed by atoms with van der Waals surface area (Å²) in [5.74, 6) is -1.36. The van der Waals surface area contributed by atoms with Crippen LogP contribution in [0.3, 0.4) is 0 Å². The van der Waals surface area contributed by atoms with Gasteiger partial charge in [-0.1, -0.05) is 13.8 Å². The highest BCUT2D eigenvalue weighted by molar-refractivity contribution is 7.13. The van der Waals surface area contributed by atoms with Crippen molar-refractivity contribution in [2.24, 2.45) is 5.92 Å². The molecule has 4 nitrogen and oxygen atoms in total. The number of carboxylic acids is 1. The molecule has 0 saturated heterocycles. The van der Waals surface area contributed by atoms with Crippen molar-refractivity contribution in [2.45, 2.75) is 19.8 Å². The van der Waals surface area contributed by atoms with Crippen LogP contribution in [0, 0.1) is 5.92 Å². The molecule has 2 aromatic heterocycles. The number of nitrogens with zero attached hydrogens (tertiary/aromatic N) is 2. The van der Waals surface area contributed by atoms with Gasteiger partial charge in [-0.15, -0.1) is 11.3 Å². The zero-order valence-corrected chi connectivity index (χ0v) is 11.0. The predicted molar refractivity (Wildman–Crippen MR) is 70.6 cm³/mol. The van der Waals surface area contributed by atoms with Crippen molar-refractivity contribution in [1.82, 2.24) is 9.97 Å². The van der Waals surface area contributed by atoms with Crippen molar-refractivity contribution in [1.29, 1.82) is 0 Å². The third-order valence-electron chi connectivity index (χ3n) is 2.68. The molecule has 0 aliphatic rings. The lowest BCUT2D eigenvalue weighted by atomic mass is 9.93. The molecule has 0 radical (unpaired) electrons. The fourth-order valence-electron chi connectivity index (χ4n) is 1.80. The summed E-state index contributed by atoms with van der Waals surface area (Å²) in [6, 6.07) is 3.76. The average Bonchev–Trinajstić information content (AvgIpc) is 2.78. The minimum Gasteiger partial charge on any atom is -0.481 e. The highest BCUT2D eigenvalue weighted by Gasteiger charge is 2.26. The fraction of sp³-hybridized carbons (Fsp3) is 0.308. The first-order valence-electron chi connectivity index (χ1n) is 5.68. The third-order valence-corrected chi connectivity index (χ3v) is 3.59. The van der Waals surface area contributed by atoms with Crippen molar-refractivity contribution < 1.29 is 9.90 Å². The quantitative estimate of drug-likeness (QED) is 0.920. The summed E-state index contributed by atoms with van der Waals surface area (Å²) >= 11 is 1.45. The molecular weight excluding hydrogens is 248 g/mol. The van der Waals surface area contributed by atoms with Crippen LogP contribution in [0.25, 0.3) is 10.6 Å². The van der Waals surface area contributed by atoms with Crippen molar-refractivity contribution >= 4 is 17.3 Å². The van der Waals surface area contributed by atoms with Gasteiger partial charge in [0.05, 0.1) is 5.69 Å². The molecule has 0 bridgehead atoms. The van der Waals surface area contributed by atoms with E-state index in [4.69, 9.17) is 0 Å². The number of pyridine rings is 1. The van der Waals surface area contributed by atoms with Crippen molar-refractivity contribution in [3.05, 3.63) is 35.6 Å². The molecule has 18 heavy (non-hydrogen) atoms. The van der Waals surface area contributed by atoms with Gasteiger partial charge in [0.2, 0.25) is 0 Å². The van der Waals surface area contributed by atoms with Gasteiger partial charge in [0, 0.05) is 23.3 Å². The van der Waals surface area contributed by atoms with Gasteiger partial charge < -0.3 is 5.11 Å². The third kappa shape index (κ3) is 2.56. The highest BCUT2D eigenvalue weighted by Crippen LogP contribution is 2.30. The number of aliphatic carboxylic acids is 1. The zero-order chi connectivity index (χ0) is 13.1. The first-order chi connectivity index (χ1) is 8.59. The molecule has 0 aliphatic carbocycles. The summed E-state index contributed by atoms with van der Waals surface area (Å²) in [6.45, 7) is 3.78. The number of thiazole rings is 1. The largest absolute Gasteiger partial charge is 0.481 e. The first-order valence-corrected chi connectivity index (χ1v) is 6.56. The summed E-state index contributed by atoms with van der Waals surface area (Å²) in [5.41, 5.74) is 1.54. The molecule has 0 aliphatic heterocycles. The Morgan fingerprint density at radius 2 is 2.22 bits per heavy atom. The van der Waals surface area contributed by atoms with E-state index in [-0.39, 0.29) is 5.92 Å². The highest BCUT2D eigenvalue weighted by atomic mass is 32.1. The van der Waals surface area contributed by atoms with E-state index in [2.05, 4.69) is 9.97 Å². The fourth-order valence-corrected chi connectivity index (χ4v) is 2.65.